The van der Waals surface area contributed by atoms with Gasteiger partial charge in [-0.15, -0.1) is 0 Å². The van der Waals surface area contributed by atoms with Gasteiger partial charge in [0, 0.05) is 26.5 Å². The Balaban J connectivity index is 2.63. The smallest absolute Gasteiger partial charge is 0.329 e. The number of amides is 5. The van der Waals surface area contributed by atoms with Crippen LogP contribution in [0.1, 0.15) is 66.9 Å². The number of aliphatic hydroxyl groups is 1. The molecule has 3 unspecified atom stereocenters. The first-order chi connectivity index (χ1) is 27.3. The van der Waals surface area contributed by atoms with Crippen molar-refractivity contribution in [1.82, 2.24) is 26.2 Å². The number of methoxy groups -OCH3 is 3. The maximum absolute atomic E-state index is 14.0. The number of carbonyl (C=O) groups is 7. The molecule has 2 rings (SSSR count). The Morgan fingerprint density at radius 2 is 1.45 bits per heavy atom. The zero-order valence-electron chi connectivity index (χ0n) is 35.6. The van der Waals surface area contributed by atoms with Crippen molar-refractivity contribution in [2.24, 2.45) is 23.7 Å². The van der Waals surface area contributed by atoms with Crippen LogP contribution in [0, 0.1) is 23.7 Å². The van der Waals surface area contributed by atoms with Crippen molar-refractivity contribution < 1.29 is 52.9 Å². The molecule has 1 fully saturated rings. The SMILES string of the molecule is COC(=O)C1NC(=O)[C@@H]([C@H](C)O)N(C)C(=O)CC[C@H](C(=O)OC)NC(=O)[C@@H](C)C(/C=C/C(C)=C/[C@H](C)[C@H](Cc2ccccc2)OC)NC(=O)C(C(C)C)NC(=O)[C@H]1C. The largest absolute Gasteiger partial charge is 0.467 e. The number of nitrogens with one attached hydrogen (secondary N) is 4. The van der Waals surface area contributed by atoms with Crippen LogP contribution < -0.4 is 21.3 Å². The standard InChI is InChI=1S/C42H63N5O11/c1-23(2)34-39(52)43-30(18-17-24(3)21-25(4)32(56-9)22-29-15-13-12-14-16-29)26(5)37(50)44-31(41(54)57-10)19-20-33(49)47(8)36(28(7)48)40(53)46-35(42(55)58-11)27(6)38(51)45-34/h12-18,21,23,25-28,30-32,34-36,48H,19-20,22H2,1-11H3,(H,43,52)(H,44,50)(H,45,51)(H,46,53)/b18-17+,24-21+/t25-,26-,27-,28-,30?,31+,32-,34?,35?,36+/m0/s1. The molecule has 0 aliphatic carbocycles. The monoisotopic (exact) mass is 813 g/mol. The topological polar surface area (TPSA) is 219 Å². The molecule has 1 aromatic rings. The van der Waals surface area contributed by atoms with Crippen molar-refractivity contribution in [2.45, 2.75) is 110 Å². The maximum Gasteiger partial charge on any atom is 0.329 e. The van der Waals surface area contributed by atoms with E-state index in [0.717, 1.165) is 30.3 Å². The highest BCUT2D eigenvalue weighted by Gasteiger charge is 2.40. The summed E-state index contributed by atoms with van der Waals surface area (Å²) >= 11 is 0. The van der Waals surface area contributed by atoms with Gasteiger partial charge in [0.05, 0.1) is 44.3 Å². The summed E-state index contributed by atoms with van der Waals surface area (Å²) in [6.45, 7) is 11.5. The number of hydrogen-bond acceptors (Lipinski definition) is 11. The van der Waals surface area contributed by atoms with E-state index in [9.17, 15) is 38.7 Å². The molecule has 0 saturated carbocycles. The molecular weight excluding hydrogens is 750 g/mol. The van der Waals surface area contributed by atoms with E-state index in [1.165, 1.54) is 20.9 Å². The van der Waals surface area contributed by atoms with E-state index in [1.807, 2.05) is 50.3 Å². The minimum Gasteiger partial charge on any atom is -0.467 e. The highest BCUT2D eigenvalue weighted by atomic mass is 16.5. The van der Waals surface area contributed by atoms with E-state index in [-0.39, 0.29) is 24.9 Å². The summed E-state index contributed by atoms with van der Waals surface area (Å²) in [6, 6.07) is 3.37. The van der Waals surface area contributed by atoms with Crippen LogP contribution in [0.25, 0.3) is 0 Å². The molecule has 1 heterocycles. The second kappa shape index (κ2) is 23.3. The van der Waals surface area contributed by atoms with E-state index in [2.05, 4.69) is 21.3 Å². The molecule has 1 saturated heterocycles. The van der Waals surface area contributed by atoms with Crippen LogP contribution in [-0.4, -0.2) is 122 Å². The third-order valence-corrected chi connectivity index (χ3v) is 10.4. The Labute approximate surface area is 341 Å². The summed E-state index contributed by atoms with van der Waals surface area (Å²) in [5, 5.41) is 21.2. The molecule has 16 nitrogen and oxygen atoms in total. The maximum atomic E-state index is 14.0. The Kier molecular flexibility index (Phi) is 19.7. The summed E-state index contributed by atoms with van der Waals surface area (Å²) < 4.78 is 15.6. The van der Waals surface area contributed by atoms with Crippen LogP contribution in [0.5, 0.6) is 0 Å². The van der Waals surface area contributed by atoms with E-state index in [4.69, 9.17) is 14.2 Å². The van der Waals surface area contributed by atoms with Gasteiger partial charge in [-0.05, 0) is 38.2 Å². The van der Waals surface area contributed by atoms with E-state index in [1.54, 1.807) is 40.0 Å². The number of nitrogens with zero attached hydrogens (tertiary/aromatic N) is 1. The number of benzene rings is 1. The number of rotatable bonds is 11. The third-order valence-electron chi connectivity index (χ3n) is 10.4. The fourth-order valence-corrected chi connectivity index (χ4v) is 6.66. The number of likely N-dealkylation sites (N-methyl/N-ethyl adjacent to an activating group) is 1. The lowest BCUT2D eigenvalue weighted by molar-refractivity contribution is -0.151. The molecule has 0 bridgehead atoms. The second-order valence-corrected chi connectivity index (χ2v) is 15.3. The number of allylic oxidation sites excluding steroid dienone is 2. The normalized spacial score (nSPS) is 26.6. The van der Waals surface area contributed by atoms with Gasteiger partial charge in [-0.25, -0.2) is 9.59 Å². The van der Waals surface area contributed by atoms with E-state index >= 15 is 0 Å². The van der Waals surface area contributed by atoms with Crippen LogP contribution in [-0.2, 0) is 54.2 Å². The van der Waals surface area contributed by atoms with Crippen LogP contribution in [0.4, 0.5) is 0 Å². The summed E-state index contributed by atoms with van der Waals surface area (Å²) in [7, 11) is 5.11. The molecule has 0 spiro atoms. The molecule has 0 aromatic heterocycles. The molecule has 16 heteroatoms. The quantitative estimate of drug-likeness (QED) is 0.160. The van der Waals surface area contributed by atoms with Gasteiger partial charge in [-0.1, -0.05) is 88.8 Å². The van der Waals surface area contributed by atoms with Crippen LogP contribution >= 0.6 is 0 Å². The van der Waals surface area contributed by atoms with Crippen LogP contribution in [0.15, 0.2) is 54.1 Å². The highest BCUT2D eigenvalue weighted by Crippen LogP contribution is 2.19. The van der Waals surface area contributed by atoms with Crippen LogP contribution in [0.2, 0.25) is 0 Å². The van der Waals surface area contributed by atoms with Gasteiger partial charge in [0.15, 0.2) is 0 Å². The molecule has 1 aliphatic heterocycles. The lowest BCUT2D eigenvalue weighted by atomic mass is 9.94. The highest BCUT2D eigenvalue weighted by molar-refractivity contribution is 5.96. The van der Waals surface area contributed by atoms with Crippen molar-refractivity contribution in [1.29, 1.82) is 0 Å². The van der Waals surface area contributed by atoms with Crippen molar-refractivity contribution in [3.05, 3.63) is 59.7 Å². The second-order valence-electron chi connectivity index (χ2n) is 15.3. The van der Waals surface area contributed by atoms with E-state index in [0.29, 0.717) is 6.42 Å². The van der Waals surface area contributed by atoms with Gasteiger partial charge in [-0.2, -0.15) is 0 Å². The van der Waals surface area contributed by atoms with Gasteiger partial charge in [0.1, 0.15) is 24.2 Å². The lowest BCUT2D eigenvalue weighted by Crippen LogP contribution is -2.60. The molecule has 5 N–H and O–H groups in total. The first kappa shape index (κ1) is 49.1. The summed E-state index contributed by atoms with van der Waals surface area (Å²) in [6.07, 6.45) is 3.91. The molecule has 1 aliphatic rings. The molecule has 58 heavy (non-hydrogen) atoms. The Hall–Kier alpha value is -5.09. The van der Waals surface area contributed by atoms with Crippen LogP contribution in [0.3, 0.4) is 0 Å². The predicted molar refractivity (Wildman–Crippen MR) is 215 cm³/mol. The van der Waals surface area contributed by atoms with Gasteiger partial charge < -0.3 is 45.5 Å². The Morgan fingerprint density at radius 1 is 0.845 bits per heavy atom. The van der Waals surface area contributed by atoms with Gasteiger partial charge in [0.25, 0.3) is 0 Å². The van der Waals surface area contributed by atoms with Crippen molar-refractivity contribution in [3.63, 3.8) is 0 Å². The number of hydrogen-bond donors (Lipinski definition) is 5. The average molecular weight is 814 g/mol. The Morgan fingerprint density at radius 3 is 2.00 bits per heavy atom. The first-order valence-electron chi connectivity index (χ1n) is 19.5. The summed E-state index contributed by atoms with van der Waals surface area (Å²) in [5.41, 5.74) is 1.93. The molecular formula is C42H63N5O11. The molecule has 5 amide bonds. The van der Waals surface area contributed by atoms with Gasteiger partial charge in [-0.3, -0.25) is 24.0 Å². The van der Waals surface area contributed by atoms with Crippen molar-refractivity contribution in [2.75, 3.05) is 28.4 Å². The van der Waals surface area contributed by atoms with Gasteiger partial charge in [0.2, 0.25) is 29.5 Å². The summed E-state index contributed by atoms with van der Waals surface area (Å²) in [4.78, 5) is 95.4. The fourth-order valence-electron chi connectivity index (χ4n) is 6.66. The fraction of sp³-hybridized carbons (Fsp3) is 0.595. The zero-order chi connectivity index (χ0) is 43.9. The lowest BCUT2D eigenvalue weighted by Gasteiger charge is -2.32. The number of carbonyl (C=O) groups excluding carboxylic acids is 7. The molecule has 0 radical (unpaired) electrons. The van der Waals surface area contributed by atoms with Crippen molar-refractivity contribution >= 4 is 41.5 Å². The Bertz CT molecular complexity index is 1650. The molecule has 10 atom stereocenters. The van der Waals surface area contributed by atoms with Crippen molar-refractivity contribution in [3.8, 4) is 0 Å². The predicted octanol–water partition coefficient (Wildman–Crippen LogP) is 1.60. The third kappa shape index (κ3) is 14.1. The minimum absolute atomic E-state index is 0.0285. The van der Waals surface area contributed by atoms with Gasteiger partial charge >= 0.3 is 11.9 Å². The first-order valence-corrected chi connectivity index (χ1v) is 19.5. The number of aliphatic hydroxyl groups excluding tert-OH is 1. The average Bonchev–Trinajstić information content (AvgIpc) is 3.19. The summed E-state index contributed by atoms with van der Waals surface area (Å²) in [5.74, 6) is -8.37. The molecule has 322 valence electrons. The number of ether oxygens (including phenoxy) is 3. The minimum atomic E-state index is -1.58. The number of esters is 2. The zero-order valence-corrected chi connectivity index (χ0v) is 35.6. The molecule has 1 aromatic carbocycles. The van der Waals surface area contributed by atoms with E-state index < -0.39 is 95.5 Å².